The molecule has 2 aromatic rings. The molecule has 0 aliphatic carbocycles. The molecule has 0 atom stereocenters. The van der Waals surface area contributed by atoms with E-state index in [4.69, 9.17) is 5.26 Å². The maximum atomic E-state index is 9.04. The highest BCUT2D eigenvalue weighted by Crippen LogP contribution is 2.17. The van der Waals surface area contributed by atoms with Gasteiger partial charge in [-0.2, -0.15) is 20.6 Å². The van der Waals surface area contributed by atoms with Crippen molar-refractivity contribution in [2.45, 2.75) is 13.5 Å². The van der Waals surface area contributed by atoms with Gasteiger partial charge in [-0.25, -0.2) is 0 Å². The second-order valence-corrected chi connectivity index (χ2v) is 3.61. The molecule has 6 nitrogen and oxygen atoms in total. The standard InChI is InChI=1S/C11H12N6/c1-8-10(6-12)11(17(2)16-8)13-7-9-4-3-5-14-15-9/h3-5,13H,7H2,1-2H3. The van der Waals surface area contributed by atoms with Gasteiger partial charge in [-0.3, -0.25) is 4.68 Å². The Balaban J connectivity index is 2.18. The Bertz CT molecular complexity index is 551. The zero-order valence-corrected chi connectivity index (χ0v) is 9.68. The number of hydrogen-bond acceptors (Lipinski definition) is 5. The highest BCUT2D eigenvalue weighted by atomic mass is 15.3. The topological polar surface area (TPSA) is 79.4 Å². The van der Waals surface area contributed by atoms with Gasteiger partial charge in [0.1, 0.15) is 17.5 Å². The lowest BCUT2D eigenvalue weighted by Crippen LogP contribution is -2.07. The van der Waals surface area contributed by atoms with Crippen molar-refractivity contribution in [3.63, 3.8) is 0 Å². The molecule has 0 saturated carbocycles. The van der Waals surface area contributed by atoms with Crippen molar-refractivity contribution in [2.24, 2.45) is 7.05 Å². The molecule has 2 heterocycles. The number of aryl methyl sites for hydroxylation is 2. The minimum atomic E-state index is 0.515. The molecule has 0 spiro atoms. The van der Waals surface area contributed by atoms with Crippen LogP contribution in [0, 0.1) is 18.3 Å². The van der Waals surface area contributed by atoms with Crippen molar-refractivity contribution in [3.8, 4) is 6.07 Å². The monoisotopic (exact) mass is 228 g/mol. The number of rotatable bonds is 3. The van der Waals surface area contributed by atoms with Gasteiger partial charge in [-0.05, 0) is 19.1 Å². The predicted molar refractivity (Wildman–Crippen MR) is 62.0 cm³/mol. The van der Waals surface area contributed by atoms with Gasteiger partial charge in [0, 0.05) is 13.2 Å². The third-order valence-corrected chi connectivity index (χ3v) is 2.40. The lowest BCUT2D eigenvalue weighted by Gasteiger charge is -2.05. The van der Waals surface area contributed by atoms with Gasteiger partial charge in [0.2, 0.25) is 0 Å². The van der Waals surface area contributed by atoms with E-state index in [-0.39, 0.29) is 0 Å². The summed E-state index contributed by atoms with van der Waals surface area (Å²) in [6.07, 6.45) is 1.62. The summed E-state index contributed by atoms with van der Waals surface area (Å²) in [6.45, 7) is 2.33. The van der Waals surface area contributed by atoms with E-state index >= 15 is 0 Å². The molecule has 0 aliphatic rings. The van der Waals surface area contributed by atoms with E-state index in [1.54, 1.807) is 17.9 Å². The van der Waals surface area contributed by atoms with E-state index in [0.29, 0.717) is 17.9 Å². The van der Waals surface area contributed by atoms with Gasteiger partial charge in [-0.15, -0.1) is 0 Å². The molecule has 0 aromatic carbocycles. The van der Waals surface area contributed by atoms with Gasteiger partial charge < -0.3 is 5.32 Å². The molecule has 2 aromatic heterocycles. The molecule has 0 bridgehead atoms. The van der Waals surface area contributed by atoms with Crippen LogP contribution in [0.3, 0.4) is 0 Å². The quantitative estimate of drug-likeness (QED) is 0.847. The lowest BCUT2D eigenvalue weighted by atomic mass is 10.2. The number of nitriles is 1. The molecule has 6 heteroatoms. The fourth-order valence-corrected chi connectivity index (χ4v) is 1.60. The lowest BCUT2D eigenvalue weighted by molar-refractivity contribution is 0.755. The summed E-state index contributed by atoms with van der Waals surface area (Å²) < 4.78 is 1.66. The first kappa shape index (κ1) is 11.1. The minimum absolute atomic E-state index is 0.515. The third-order valence-electron chi connectivity index (χ3n) is 2.40. The summed E-state index contributed by atoms with van der Waals surface area (Å²) >= 11 is 0. The predicted octanol–water partition coefficient (Wildman–Crippen LogP) is 1.00. The van der Waals surface area contributed by atoms with Crippen LogP contribution in [0.4, 0.5) is 5.82 Å². The number of nitrogens with one attached hydrogen (secondary N) is 1. The first-order chi connectivity index (χ1) is 8.22. The van der Waals surface area contributed by atoms with E-state index < -0.39 is 0 Å². The maximum absolute atomic E-state index is 9.04. The first-order valence-electron chi connectivity index (χ1n) is 5.16. The largest absolute Gasteiger partial charge is 0.363 e. The molecule has 86 valence electrons. The molecule has 0 fully saturated rings. The Hall–Kier alpha value is -2.42. The number of aromatic nitrogens is 4. The van der Waals surface area contributed by atoms with Crippen molar-refractivity contribution < 1.29 is 0 Å². The van der Waals surface area contributed by atoms with Gasteiger partial charge >= 0.3 is 0 Å². The van der Waals surface area contributed by atoms with Gasteiger partial charge in [-0.1, -0.05) is 0 Å². The second-order valence-electron chi connectivity index (χ2n) is 3.61. The molecule has 0 unspecified atom stereocenters. The van der Waals surface area contributed by atoms with Crippen LogP contribution in [0.5, 0.6) is 0 Å². The summed E-state index contributed by atoms with van der Waals surface area (Å²) in [5, 5.41) is 24.1. The van der Waals surface area contributed by atoms with Crippen LogP contribution in [0.2, 0.25) is 0 Å². The number of hydrogen-bond donors (Lipinski definition) is 1. The highest BCUT2D eigenvalue weighted by molar-refractivity contribution is 5.54. The van der Waals surface area contributed by atoms with Crippen LogP contribution in [0.25, 0.3) is 0 Å². The summed E-state index contributed by atoms with van der Waals surface area (Å²) in [4.78, 5) is 0. The van der Waals surface area contributed by atoms with Crippen LogP contribution in [0.15, 0.2) is 18.3 Å². The van der Waals surface area contributed by atoms with Crippen LogP contribution in [-0.4, -0.2) is 20.0 Å². The van der Waals surface area contributed by atoms with Gasteiger partial charge in [0.15, 0.2) is 0 Å². The van der Waals surface area contributed by atoms with Crippen molar-refractivity contribution >= 4 is 5.82 Å². The summed E-state index contributed by atoms with van der Waals surface area (Å²) in [7, 11) is 1.80. The maximum Gasteiger partial charge on any atom is 0.142 e. The molecule has 0 aliphatic heterocycles. The molecule has 0 radical (unpaired) electrons. The van der Waals surface area contributed by atoms with E-state index in [2.05, 4.69) is 26.7 Å². The Labute approximate surface area is 98.9 Å². The van der Waals surface area contributed by atoms with Crippen LogP contribution >= 0.6 is 0 Å². The van der Waals surface area contributed by atoms with Gasteiger partial charge in [0.25, 0.3) is 0 Å². The molecule has 0 amide bonds. The Morgan fingerprint density at radius 1 is 1.53 bits per heavy atom. The first-order valence-corrected chi connectivity index (χ1v) is 5.16. The fourth-order valence-electron chi connectivity index (χ4n) is 1.60. The highest BCUT2D eigenvalue weighted by Gasteiger charge is 2.12. The van der Waals surface area contributed by atoms with E-state index in [1.807, 2.05) is 19.1 Å². The number of nitrogens with zero attached hydrogens (tertiary/aromatic N) is 5. The molecule has 0 saturated heterocycles. The van der Waals surface area contributed by atoms with E-state index in [1.165, 1.54) is 0 Å². The summed E-state index contributed by atoms with van der Waals surface area (Å²) in [6, 6.07) is 5.83. The van der Waals surface area contributed by atoms with Crippen LogP contribution in [-0.2, 0) is 13.6 Å². The SMILES string of the molecule is Cc1nn(C)c(NCc2cccnn2)c1C#N. The average molecular weight is 228 g/mol. The Morgan fingerprint density at radius 2 is 2.35 bits per heavy atom. The molecular formula is C11H12N6. The van der Waals surface area contributed by atoms with Crippen molar-refractivity contribution in [1.82, 2.24) is 20.0 Å². The van der Waals surface area contributed by atoms with E-state index in [9.17, 15) is 0 Å². The summed E-state index contributed by atoms with van der Waals surface area (Å²) in [5.74, 6) is 0.704. The van der Waals surface area contributed by atoms with Gasteiger partial charge in [0.05, 0.1) is 17.9 Å². The molecular weight excluding hydrogens is 216 g/mol. The molecule has 17 heavy (non-hydrogen) atoms. The normalized spacial score (nSPS) is 9.94. The molecule has 1 N–H and O–H groups in total. The Morgan fingerprint density at radius 3 is 3.00 bits per heavy atom. The molecule has 2 rings (SSSR count). The Kier molecular flexibility index (Phi) is 3.01. The zero-order chi connectivity index (χ0) is 12.3. The van der Waals surface area contributed by atoms with Crippen molar-refractivity contribution in [1.29, 1.82) is 5.26 Å². The van der Waals surface area contributed by atoms with Crippen molar-refractivity contribution in [3.05, 3.63) is 35.3 Å². The van der Waals surface area contributed by atoms with Crippen LogP contribution in [0.1, 0.15) is 17.0 Å². The second kappa shape index (κ2) is 4.61. The minimum Gasteiger partial charge on any atom is -0.363 e. The van der Waals surface area contributed by atoms with E-state index in [0.717, 1.165) is 11.4 Å². The average Bonchev–Trinajstić information content (AvgIpc) is 2.62. The van der Waals surface area contributed by atoms with Crippen LogP contribution < -0.4 is 5.32 Å². The van der Waals surface area contributed by atoms with Crippen molar-refractivity contribution in [2.75, 3.05) is 5.32 Å². The smallest absolute Gasteiger partial charge is 0.142 e. The fraction of sp³-hybridized carbons (Fsp3) is 0.273. The zero-order valence-electron chi connectivity index (χ0n) is 9.68. The number of anilines is 1. The third kappa shape index (κ3) is 2.23. The summed E-state index contributed by atoms with van der Waals surface area (Å²) in [5.41, 5.74) is 2.10.